The minimum Gasteiger partial charge on any atom is -0.459 e. The number of carbonyl (C=O) groups excluding carboxylic acids is 1. The second-order valence-corrected chi connectivity index (χ2v) is 7.51. The molecule has 2 heteroatoms. The van der Waals surface area contributed by atoms with Gasteiger partial charge in [0.05, 0.1) is 5.41 Å². The molecule has 2 saturated carbocycles. The lowest BCUT2D eigenvalue weighted by Crippen LogP contribution is -2.42. The van der Waals surface area contributed by atoms with Crippen molar-refractivity contribution in [3.05, 3.63) is 0 Å². The lowest BCUT2D eigenvalue weighted by atomic mass is 9.77. The molecule has 2 aliphatic rings. The molecule has 2 rings (SSSR count). The van der Waals surface area contributed by atoms with Crippen molar-refractivity contribution in [1.29, 1.82) is 0 Å². The second kappa shape index (κ2) is 4.54. The van der Waals surface area contributed by atoms with Crippen molar-refractivity contribution in [3.63, 3.8) is 0 Å². The van der Waals surface area contributed by atoms with E-state index in [1.54, 1.807) is 0 Å². The molecule has 0 aliphatic heterocycles. The molecule has 3 atom stereocenters. The summed E-state index contributed by atoms with van der Waals surface area (Å²) in [7, 11) is 0. The molecule has 0 aromatic rings. The standard InChI is InChI=1S/C16H28O2/c1-6-15(2,3)14(17)18-16(4,5)13-10-11-7-8-12(13)9-11/h11-13H,6-10H2,1-5H3. The molecule has 2 bridgehead atoms. The van der Waals surface area contributed by atoms with Gasteiger partial charge in [-0.05, 0) is 65.2 Å². The molecule has 0 radical (unpaired) electrons. The van der Waals surface area contributed by atoms with Crippen molar-refractivity contribution in [2.45, 2.75) is 72.3 Å². The fraction of sp³-hybridized carbons (Fsp3) is 0.938. The lowest BCUT2D eigenvalue weighted by molar-refractivity contribution is -0.174. The van der Waals surface area contributed by atoms with Crippen LogP contribution in [0, 0.1) is 23.2 Å². The highest BCUT2D eigenvalue weighted by Crippen LogP contribution is 2.53. The van der Waals surface area contributed by atoms with Crippen LogP contribution in [0.1, 0.15) is 66.7 Å². The van der Waals surface area contributed by atoms with Gasteiger partial charge in [0, 0.05) is 5.92 Å². The first-order valence-corrected chi connectivity index (χ1v) is 7.49. The molecular weight excluding hydrogens is 224 g/mol. The maximum atomic E-state index is 12.3. The summed E-state index contributed by atoms with van der Waals surface area (Å²) in [5, 5.41) is 0. The Morgan fingerprint density at radius 2 is 1.83 bits per heavy atom. The van der Waals surface area contributed by atoms with E-state index in [0.29, 0.717) is 5.92 Å². The van der Waals surface area contributed by atoms with Gasteiger partial charge in [-0.15, -0.1) is 0 Å². The van der Waals surface area contributed by atoms with E-state index < -0.39 is 0 Å². The Morgan fingerprint density at radius 1 is 1.17 bits per heavy atom. The highest BCUT2D eigenvalue weighted by atomic mass is 16.6. The van der Waals surface area contributed by atoms with Crippen molar-refractivity contribution >= 4 is 5.97 Å². The van der Waals surface area contributed by atoms with Gasteiger partial charge < -0.3 is 4.74 Å². The lowest BCUT2D eigenvalue weighted by Gasteiger charge is -2.38. The van der Waals surface area contributed by atoms with Gasteiger partial charge in [0.25, 0.3) is 0 Å². The molecule has 0 N–H and O–H groups in total. The molecule has 0 amide bonds. The van der Waals surface area contributed by atoms with Crippen LogP contribution in [0.15, 0.2) is 0 Å². The van der Waals surface area contributed by atoms with Crippen LogP contribution < -0.4 is 0 Å². The predicted molar refractivity (Wildman–Crippen MR) is 73.2 cm³/mol. The minimum absolute atomic E-state index is 0.0298. The van der Waals surface area contributed by atoms with E-state index in [9.17, 15) is 4.79 Å². The zero-order valence-corrected chi connectivity index (χ0v) is 12.6. The molecular formula is C16H28O2. The summed E-state index contributed by atoms with van der Waals surface area (Å²) in [5.41, 5.74) is -0.641. The van der Waals surface area contributed by atoms with Gasteiger partial charge in [-0.2, -0.15) is 0 Å². The number of esters is 1. The maximum Gasteiger partial charge on any atom is 0.312 e. The van der Waals surface area contributed by atoms with Crippen molar-refractivity contribution in [1.82, 2.24) is 0 Å². The number of ether oxygens (including phenoxy) is 1. The Hall–Kier alpha value is -0.530. The first-order chi connectivity index (χ1) is 8.26. The van der Waals surface area contributed by atoms with E-state index >= 15 is 0 Å². The van der Waals surface area contributed by atoms with E-state index in [1.807, 2.05) is 20.8 Å². The van der Waals surface area contributed by atoms with Crippen molar-refractivity contribution in [2.75, 3.05) is 0 Å². The van der Waals surface area contributed by atoms with Gasteiger partial charge in [0.15, 0.2) is 0 Å². The van der Waals surface area contributed by atoms with E-state index in [2.05, 4.69) is 13.8 Å². The number of hydrogen-bond donors (Lipinski definition) is 0. The molecule has 0 aromatic carbocycles. The highest BCUT2D eigenvalue weighted by molar-refractivity contribution is 5.76. The van der Waals surface area contributed by atoms with Crippen LogP contribution in [0.3, 0.4) is 0 Å². The van der Waals surface area contributed by atoms with E-state index in [1.165, 1.54) is 25.7 Å². The van der Waals surface area contributed by atoms with Gasteiger partial charge in [-0.3, -0.25) is 4.79 Å². The monoisotopic (exact) mass is 252 g/mol. The predicted octanol–water partition coefficient (Wildman–Crippen LogP) is 4.18. The SMILES string of the molecule is CCC(C)(C)C(=O)OC(C)(C)C1CC2CCC1C2. The summed E-state index contributed by atoms with van der Waals surface area (Å²) >= 11 is 0. The third-order valence-electron chi connectivity index (χ3n) is 5.42. The molecule has 2 fully saturated rings. The Labute approximate surface area is 111 Å². The molecule has 0 spiro atoms. The van der Waals surface area contributed by atoms with Crippen molar-refractivity contribution in [2.24, 2.45) is 23.2 Å². The van der Waals surface area contributed by atoms with Crippen LogP contribution in [0.2, 0.25) is 0 Å². The zero-order valence-electron chi connectivity index (χ0n) is 12.6. The number of carbonyl (C=O) groups is 1. The number of rotatable bonds is 4. The van der Waals surface area contributed by atoms with Crippen molar-refractivity contribution < 1.29 is 9.53 Å². The zero-order chi connectivity index (χ0) is 13.6. The van der Waals surface area contributed by atoms with E-state index in [0.717, 1.165) is 18.3 Å². The molecule has 104 valence electrons. The first kappa shape index (κ1) is 13.9. The van der Waals surface area contributed by atoms with Crippen LogP contribution in [-0.4, -0.2) is 11.6 Å². The fourth-order valence-corrected chi connectivity index (χ4v) is 3.69. The normalized spacial score (nSPS) is 31.7. The van der Waals surface area contributed by atoms with Gasteiger partial charge in [-0.25, -0.2) is 0 Å². The third kappa shape index (κ3) is 2.44. The molecule has 0 aromatic heterocycles. The maximum absolute atomic E-state index is 12.3. The number of hydrogen-bond acceptors (Lipinski definition) is 2. The number of fused-ring (bicyclic) bond motifs is 2. The molecule has 2 aliphatic carbocycles. The Kier molecular flexibility index (Phi) is 3.50. The summed E-state index contributed by atoms with van der Waals surface area (Å²) in [6.07, 6.45) is 6.19. The Bertz CT molecular complexity index is 330. The van der Waals surface area contributed by atoms with Crippen LogP contribution >= 0.6 is 0 Å². The summed E-state index contributed by atoms with van der Waals surface area (Å²) in [4.78, 5) is 12.3. The van der Waals surface area contributed by atoms with Gasteiger partial charge in [0.1, 0.15) is 5.60 Å². The van der Waals surface area contributed by atoms with Gasteiger partial charge in [-0.1, -0.05) is 13.3 Å². The largest absolute Gasteiger partial charge is 0.459 e. The van der Waals surface area contributed by atoms with Gasteiger partial charge >= 0.3 is 5.97 Å². The summed E-state index contributed by atoms with van der Waals surface area (Å²) in [5.74, 6) is 2.24. The first-order valence-electron chi connectivity index (χ1n) is 7.49. The topological polar surface area (TPSA) is 26.3 Å². The molecule has 0 saturated heterocycles. The van der Waals surface area contributed by atoms with Gasteiger partial charge in [0.2, 0.25) is 0 Å². The quantitative estimate of drug-likeness (QED) is 0.702. The van der Waals surface area contributed by atoms with E-state index in [-0.39, 0.29) is 17.0 Å². The van der Waals surface area contributed by atoms with E-state index in [4.69, 9.17) is 4.74 Å². The summed E-state index contributed by atoms with van der Waals surface area (Å²) < 4.78 is 5.89. The minimum atomic E-state index is -0.352. The molecule has 2 nitrogen and oxygen atoms in total. The fourth-order valence-electron chi connectivity index (χ4n) is 3.69. The highest BCUT2D eigenvalue weighted by Gasteiger charge is 2.49. The summed E-state index contributed by atoms with van der Waals surface area (Å²) in [6, 6.07) is 0. The van der Waals surface area contributed by atoms with Crippen molar-refractivity contribution in [3.8, 4) is 0 Å². The second-order valence-electron chi connectivity index (χ2n) is 7.51. The Morgan fingerprint density at radius 3 is 2.28 bits per heavy atom. The average molecular weight is 252 g/mol. The van der Waals surface area contributed by atoms with Crippen LogP contribution in [0.4, 0.5) is 0 Å². The Balaban J connectivity index is 2.01. The molecule has 3 unspecified atom stereocenters. The van der Waals surface area contributed by atoms with Crippen LogP contribution in [0.5, 0.6) is 0 Å². The summed E-state index contributed by atoms with van der Waals surface area (Å²) in [6.45, 7) is 10.2. The smallest absolute Gasteiger partial charge is 0.312 e. The molecule has 0 heterocycles. The third-order valence-corrected chi connectivity index (χ3v) is 5.42. The average Bonchev–Trinajstić information content (AvgIpc) is 2.90. The molecule has 18 heavy (non-hydrogen) atoms. The van der Waals surface area contributed by atoms with Crippen LogP contribution in [-0.2, 0) is 9.53 Å². The van der Waals surface area contributed by atoms with Crippen LogP contribution in [0.25, 0.3) is 0 Å².